The Bertz CT molecular complexity index is 1700. The van der Waals surface area contributed by atoms with Crippen molar-refractivity contribution in [2.75, 3.05) is 43.0 Å². The second-order valence-corrected chi connectivity index (χ2v) is 14.8. The van der Waals surface area contributed by atoms with E-state index in [1.165, 1.54) is 12.1 Å². The predicted octanol–water partition coefficient (Wildman–Crippen LogP) is 5.51. The first-order valence-corrected chi connectivity index (χ1v) is 16.9. The molecule has 1 N–H and O–H groups in total. The highest BCUT2D eigenvalue weighted by Gasteiger charge is 2.63. The second-order valence-electron chi connectivity index (χ2n) is 11.7. The molecule has 0 unspecified atom stereocenters. The first-order chi connectivity index (χ1) is 20.5. The SMILES string of the molecule is Cc1ccc(F)cc1[C@H]1N(CCCN2CCS(=O)(=O)CC2)C(=O)C[C@@H](c2cccc(Cl)c2)[C@]12C(=O)Nc1cc(Cl)ccc12. The summed E-state index contributed by atoms with van der Waals surface area (Å²) in [6.07, 6.45) is 0.603. The van der Waals surface area contributed by atoms with Crippen molar-refractivity contribution in [2.24, 2.45) is 0 Å². The second kappa shape index (κ2) is 11.5. The topological polar surface area (TPSA) is 86.8 Å². The number of carbonyl (C=O) groups excluding carboxylic acids is 2. The molecule has 2 fully saturated rings. The molecule has 1 spiro atoms. The Morgan fingerprint density at radius 1 is 0.977 bits per heavy atom. The first-order valence-electron chi connectivity index (χ1n) is 14.3. The molecule has 0 radical (unpaired) electrons. The van der Waals surface area contributed by atoms with Gasteiger partial charge in [-0.3, -0.25) is 9.59 Å². The minimum atomic E-state index is -3.02. The van der Waals surface area contributed by atoms with Crippen LogP contribution in [0.3, 0.4) is 0 Å². The van der Waals surface area contributed by atoms with Crippen LogP contribution in [-0.4, -0.2) is 67.7 Å². The van der Waals surface area contributed by atoms with E-state index in [4.69, 9.17) is 23.2 Å². The zero-order chi connectivity index (χ0) is 30.5. The predicted molar refractivity (Wildman–Crippen MR) is 166 cm³/mol. The van der Waals surface area contributed by atoms with Crippen LogP contribution in [0.25, 0.3) is 0 Å². The van der Waals surface area contributed by atoms with Crippen molar-refractivity contribution in [1.82, 2.24) is 9.80 Å². The smallest absolute Gasteiger partial charge is 0.238 e. The van der Waals surface area contributed by atoms with Crippen molar-refractivity contribution in [3.8, 4) is 0 Å². The molecule has 3 aliphatic heterocycles. The van der Waals surface area contributed by atoms with Gasteiger partial charge in [-0.15, -0.1) is 0 Å². The van der Waals surface area contributed by atoms with Gasteiger partial charge in [0.05, 0.1) is 17.5 Å². The molecule has 3 aromatic carbocycles. The van der Waals surface area contributed by atoms with Crippen LogP contribution in [0.5, 0.6) is 0 Å². The molecule has 43 heavy (non-hydrogen) atoms. The summed E-state index contributed by atoms with van der Waals surface area (Å²) < 4.78 is 38.8. The van der Waals surface area contributed by atoms with E-state index < -0.39 is 33.0 Å². The van der Waals surface area contributed by atoms with Gasteiger partial charge in [-0.25, -0.2) is 12.8 Å². The Labute approximate surface area is 260 Å². The number of aryl methyl sites for hydroxylation is 1. The quantitative estimate of drug-likeness (QED) is 0.383. The lowest BCUT2D eigenvalue weighted by Gasteiger charge is -2.52. The van der Waals surface area contributed by atoms with Gasteiger partial charge in [0.15, 0.2) is 9.84 Å². The molecule has 3 aliphatic rings. The third-order valence-corrected chi connectivity index (χ3v) is 11.2. The van der Waals surface area contributed by atoms with Gasteiger partial charge in [0.25, 0.3) is 0 Å². The maximum atomic E-state index is 15.0. The summed E-state index contributed by atoms with van der Waals surface area (Å²) in [7, 11) is -3.02. The number of hydrogen-bond acceptors (Lipinski definition) is 5. The van der Waals surface area contributed by atoms with Gasteiger partial charge in [-0.05, 0) is 78.5 Å². The normalized spacial score (nSPS) is 25.2. The van der Waals surface area contributed by atoms with Gasteiger partial charge in [0, 0.05) is 47.7 Å². The van der Waals surface area contributed by atoms with Crippen molar-refractivity contribution >= 4 is 50.5 Å². The molecule has 7 nitrogen and oxygen atoms in total. The van der Waals surface area contributed by atoms with Crippen molar-refractivity contribution in [2.45, 2.75) is 37.1 Å². The average Bonchev–Trinajstić information content (AvgIpc) is 3.23. The minimum Gasteiger partial charge on any atom is -0.334 e. The van der Waals surface area contributed by atoms with E-state index >= 15 is 0 Å². The van der Waals surface area contributed by atoms with Gasteiger partial charge >= 0.3 is 0 Å². The molecule has 11 heteroatoms. The summed E-state index contributed by atoms with van der Waals surface area (Å²) in [6, 6.07) is 16.1. The summed E-state index contributed by atoms with van der Waals surface area (Å²) in [5, 5.41) is 3.99. The molecule has 2 amide bonds. The highest BCUT2D eigenvalue weighted by atomic mass is 35.5. The fourth-order valence-electron chi connectivity index (χ4n) is 7.09. The summed E-state index contributed by atoms with van der Waals surface area (Å²) in [6.45, 7) is 3.65. The lowest BCUT2D eigenvalue weighted by molar-refractivity contribution is -0.145. The van der Waals surface area contributed by atoms with Crippen LogP contribution in [-0.2, 0) is 24.8 Å². The molecule has 0 bridgehead atoms. The Balaban J connectivity index is 1.49. The standard InChI is InChI=1S/C32H32Cl2FN3O4S/c1-20-6-8-24(35)18-25(20)30-32(26-9-7-23(34)17-28(26)36-31(32)40)27(21-4-2-5-22(33)16-21)19-29(39)38(30)11-3-10-37-12-14-43(41,42)15-13-37/h2,4-9,16-18,27,30H,3,10-15,19H2,1H3,(H,36,40)/t27-,30+,32-/m0/s1. The average molecular weight is 645 g/mol. The van der Waals surface area contributed by atoms with Crippen molar-refractivity contribution in [1.29, 1.82) is 0 Å². The Kier molecular flexibility index (Phi) is 8.04. The summed E-state index contributed by atoms with van der Waals surface area (Å²) in [5.41, 5.74) is 2.00. The van der Waals surface area contributed by atoms with Gasteiger partial charge in [-0.1, -0.05) is 47.5 Å². The van der Waals surface area contributed by atoms with E-state index in [9.17, 15) is 22.4 Å². The van der Waals surface area contributed by atoms with Crippen molar-refractivity contribution in [3.05, 3.63) is 98.8 Å². The van der Waals surface area contributed by atoms with Gasteiger partial charge in [0.2, 0.25) is 11.8 Å². The number of amides is 2. The van der Waals surface area contributed by atoms with Gasteiger partial charge in [0.1, 0.15) is 11.2 Å². The van der Waals surface area contributed by atoms with Crippen LogP contribution >= 0.6 is 23.2 Å². The zero-order valence-corrected chi connectivity index (χ0v) is 26.0. The van der Waals surface area contributed by atoms with Crippen LogP contribution in [0.1, 0.15) is 47.1 Å². The van der Waals surface area contributed by atoms with E-state index in [1.54, 1.807) is 41.3 Å². The molecule has 0 saturated carbocycles. The third kappa shape index (κ3) is 5.45. The Hall–Kier alpha value is -2.98. The number of carbonyl (C=O) groups is 2. The number of benzene rings is 3. The Morgan fingerprint density at radius 3 is 2.47 bits per heavy atom. The number of piperidine rings is 1. The molecule has 0 aliphatic carbocycles. The van der Waals surface area contributed by atoms with Crippen molar-refractivity contribution < 1.29 is 22.4 Å². The third-order valence-electron chi connectivity index (χ3n) is 9.14. The van der Waals surface area contributed by atoms with Crippen LogP contribution in [0.4, 0.5) is 10.1 Å². The fraction of sp³-hybridized carbons (Fsp3) is 0.375. The monoisotopic (exact) mass is 643 g/mol. The van der Waals surface area contributed by atoms with Gasteiger partial charge < -0.3 is 15.1 Å². The number of fused-ring (bicyclic) bond motifs is 2. The fourth-order valence-corrected chi connectivity index (χ4v) is 8.74. The molecular formula is C32H32Cl2FN3O4S. The highest BCUT2D eigenvalue weighted by Crippen LogP contribution is 2.60. The number of hydrogen-bond donors (Lipinski definition) is 1. The van der Waals surface area contributed by atoms with Crippen LogP contribution < -0.4 is 5.32 Å². The molecule has 3 aromatic rings. The molecule has 6 rings (SSSR count). The lowest BCUT2D eigenvalue weighted by atomic mass is 9.58. The molecular weight excluding hydrogens is 612 g/mol. The number of anilines is 1. The lowest BCUT2D eigenvalue weighted by Crippen LogP contribution is -2.58. The van der Waals surface area contributed by atoms with Crippen LogP contribution in [0, 0.1) is 12.7 Å². The largest absolute Gasteiger partial charge is 0.334 e. The summed E-state index contributed by atoms with van der Waals surface area (Å²) >= 11 is 12.8. The van der Waals surface area contributed by atoms with Gasteiger partial charge in [-0.2, -0.15) is 0 Å². The van der Waals surface area contributed by atoms with Crippen molar-refractivity contribution in [3.63, 3.8) is 0 Å². The van der Waals surface area contributed by atoms with Crippen LogP contribution in [0.15, 0.2) is 60.7 Å². The number of nitrogens with one attached hydrogen (secondary N) is 1. The van der Waals surface area contributed by atoms with Crippen LogP contribution in [0.2, 0.25) is 10.0 Å². The maximum absolute atomic E-state index is 15.0. The highest BCUT2D eigenvalue weighted by molar-refractivity contribution is 7.91. The van der Waals surface area contributed by atoms with E-state index in [0.717, 1.165) is 11.1 Å². The number of likely N-dealkylation sites (tertiary alicyclic amines) is 1. The number of halogens is 3. The first kappa shape index (κ1) is 30.1. The molecule has 0 aromatic heterocycles. The number of nitrogens with zero attached hydrogens (tertiary/aromatic N) is 2. The minimum absolute atomic E-state index is 0.0443. The molecule has 2 saturated heterocycles. The molecule has 226 valence electrons. The molecule has 3 atom stereocenters. The maximum Gasteiger partial charge on any atom is 0.238 e. The van der Waals surface area contributed by atoms with E-state index in [2.05, 4.69) is 10.2 Å². The van der Waals surface area contributed by atoms with E-state index in [-0.39, 0.29) is 29.7 Å². The number of rotatable bonds is 6. The van der Waals surface area contributed by atoms with E-state index in [1.807, 2.05) is 19.1 Å². The summed E-state index contributed by atoms with van der Waals surface area (Å²) in [5.74, 6) is -1.27. The van der Waals surface area contributed by atoms with E-state index in [0.29, 0.717) is 59.5 Å². The summed E-state index contributed by atoms with van der Waals surface area (Å²) in [4.78, 5) is 32.5. The Morgan fingerprint density at radius 2 is 1.72 bits per heavy atom. The number of sulfone groups is 1. The zero-order valence-electron chi connectivity index (χ0n) is 23.7. The molecule has 3 heterocycles.